The molecule has 0 atom stereocenters. The van der Waals surface area contributed by atoms with E-state index in [1.165, 1.54) is 19.2 Å². The number of ether oxygens (including phenoxy) is 2. The molecule has 25 heavy (non-hydrogen) atoms. The van der Waals surface area contributed by atoms with Gasteiger partial charge in [-0.2, -0.15) is 13.2 Å². The first-order chi connectivity index (χ1) is 11.7. The molecule has 9 heteroatoms. The molecule has 0 aliphatic carbocycles. The van der Waals surface area contributed by atoms with Crippen molar-refractivity contribution in [3.8, 4) is 11.6 Å². The van der Waals surface area contributed by atoms with Crippen molar-refractivity contribution < 1.29 is 27.4 Å². The number of benzene rings is 1. The van der Waals surface area contributed by atoms with Crippen LogP contribution in [0.15, 0.2) is 30.5 Å². The van der Waals surface area contributed by atoms with Crippen LogP contribution in [0.4, 0.5) is 18.9 Å². The first-order valence-electron chi connectivity index (χ1n) is 7.00. The lowest BCUT2D eigenvalue weighted by Crippen LogP contribution is -2.19. The quantitative estimate of drug-likeness (QED) is 0.850. The van der Waals surface area contributed by atoms with Crippen molar-refractivity contribution in [1.29, 1.82) is 0 Å². The monoisotopic (exact) mass is 374 g/mol. The van der Waals surface area contributed by atoms with Crippen LogP contribution in [0.5, 0.6) is 11.6 Å². The Bertz CT molecular complexity index is 764. The van der Waals surface area contributed by atoms with E-state index < -0.39 is 18.7 Å². The molecule has 0 saturated heterocycles. The number of aromatic nitrogens is 1. The first kappa shape index (κ1) is 18.9. The van der Waals surface area contributed by atoms with Crippen molar-refractivity contribution in [1.82, 2.24) is 4.98 Å². The Morgan fingerprint density at radius 3 is 2.60 bits per heavy atom. The molecule has 134 valence electrons. The fourth-order valence-corrected chi connectivity index (χ4v) is 2.03. The number of anilines is 1. The van der Waals surface area contributed by atoms with Gasteiger partial charge in [0.2, 0.25) is 5.88 Å². The molecular weight excluding hydrogens is 361 g/mol. The van der Waals surface area contributed by atoms with E-state index in [9.17, 15) is 18.0 Å². The number of hydrogen-bond acceptors (Lipinski definition) is 4. The molecule has 0 aliphatic rings. The van der Waals surface area contributed by atoms with E-state index in [4.69, 9.17) is 16.3 Å². The SMILES string of the molecule is COc1cc(Cl)c(C)cc1NC(=O)c1ccc(OCC(F)(F)F)nc1. The summed E-state index contributed by atoms with van der Waals surface area (Å²) >= 11 is 6.00. The second kappa shape index (κ2) is 7.60. The lowest BCUT2D eigenvalue weighted by molar-refractivity contribution is -0.154. The molecule has 0 bridgehead atoms. The molecule has 2 aromatic rings. The maximum Gasteiger partial charge on any atom is 0.422 e. The average molecular weight is 375 g/mol. The summed E-state index contributed by atoms with van der Waals surface area (Å²) in [6.45, 7) is 0.318. The fourth-order valence-electron chi connectivity index (χ4n) is 1.88. The molecule has 0 aliphatic heterocycles. The molecule has 0 fully saturated rings. The summed E-state index contributed by atoms with van der Waals surface area (Å²) in [5.74, 6) is -0.356. The van der Waals surface area contributed by atoms with Crippen LogP contribution in [0, 0.1) is 6.92 Å². The highest BCUT2D eigenvalue weighted by molar-refractivity contribution is 6.31. The Morgan fingerprint density at radius 2 is 2.04 bits per heavy atom. The molecule has 1 N–H and O–H groups in total. The van der Waals surface area contributed by atoms with E-state index in [0.29, 0.717) is 16.5 Å². The summed E-state index contributed by atoms with van der Waals surface area (Å²) in [5, 5.41) is 3.13. The zero-order chi connectivity index (χ0) is 18.6. The van der Waals surface area contributed by atoms with E-state index in [0.717, 1.165) is 11.8 Å². The van der Waals surface area contributed by atoms with Crippen molar-refractivity contribution in [3.63, 3.8) is 0 Å². The lowest BCUT2D eigenvalue weighted by atomic mass is 10.2. The van der Waals surface area contributed by atoms with E-state index >= 15 is 0 Å². The average Bonchev–Trinajstić information content (AvgIpc) is 2.55. The summed E-state index contributed by atoms with van der Waals surface area (Å²) in [4.78, 5) is 15.9. The Balaban J connectivity index is 2.10. The fraction of sp³-hybridized carbons (Fsp3) is 0.250. The minimum Gasteiger partial charge on any atom is -0.495 e. The molecule has 0 spiro atoms. The highest BCUT2D eigenvalue weighted by Gasteiger charge is 2.28. The van der Waals surface area contributed by atoms with E-state index in [2.05, 4.69) is 15.0 Å². The number of halogens is 4. The molecule has 1 aromatic heterocycles. The van der Waals surface area contributed by atoms with Gasteiger partial charge in [-0.15, -0.1) is 0 Å². The van der Waals surface area contributed by atoms with Crippen molar-refractivity contribution >= 4 is 23.2 Å². The van der Waals surface area contributed by atoms with Crippen LogP contribution in [0.2, 0.25) is 5.02 Å². The van der Waals surface area contributed by atoms with Gasteiger partial charge < -0.3 is 14.8 Å². The number of nitrogens with one attached hydrogen (secondary N) is 1. The van der Waals surface area contributed by atoms with Crippen LogP contribution in [-0.2, 0) is 0 Å². The number of carbonyl (C=O) groups excluding carboxylic acids is 1. The van der Waals surface area contributed by atoms with E-state index in [-0.39, 0.29) is 11.4 Å². The van der Waals surface area contributed by atoms with Gasteiger partial charge >= 0.3 is 6.18 Å². The van der Waals surface area contributed by atoms with Crippen LogP contribution in [0.25, 0.3) is 0 Å². The molecular formula is C16H14ClF3N2O3. The number of alkyl halides is 3. The van der Waals surface area contributed by atoms with Crippen molar-refractivity contribution in [2.75, 3.05) is 19.0 Å². The van der Waals surface area contributed by atoms with Gasteiger partial charge in [0.1, 0.15) is 5.75 Å². The minimum atomic E-state index is -4.46. The third-order valence-corrected chi connectivity index (χ3v) is 3.52. The van der Waals surface area contributed by atoms with E-state index in [1.54, 1.807) is 19.1 Å². The predicted octanol–water partition coefficient (Wildman–Crippen LogP) is 4.25. The molecule has 5 nitrogen and oxygen atoms in total. The van der Waals surface area contributed by atoms with Gasteiger partial charge in [-0.1, -0.05) is 11.6 Å². The van der Waals surface area contributed by atoms with Gasteiger partial charge in [0.05, 0.1) is 18.4 Å². The van der Waals surface area contributed by atoms with Crippen LogP contribution in [-0.4, -0.2) is 30.8 Å². The maximum atomic E-state index is 12.2. The minimum absolute atomic E-state index is 0.147. The summed E-state index contributed by atoms with van der Waals surface area (Å²) in [7, 11) is 1.44. The topological polar surface area (TPSA) is 60.5 Å². The number of nitrogens with zero attached hydrogens (tertiary/aromatic N) is 1. The number of aryl methyl sites for hydroxylation is 1. The van der Waals surface area contributed by atoms with Crippen molar-refractivity contribution in [3.05, 3.63) is 46.6 Å². The van der Waals surface area contributed by atoms with Crippen LogP contribution in [0.1, 0.15) is 15.9 Å². The normalized spacial score (nSPS) is 11.1. The molecule has 1 aromatic carbocycles. The van der Waals surface area contributed by atoms with Gasteiger partial charge in [0, 0.05) is 23.4 Å². The lowest BCUT2D eigenvalue weighted by Gasteiger charge is -2.12. The number of rotatable bonds is 5. The van der Waals surface area contributed by atoms with Gasteiger partial charge in [0.25, 0.3) is 5.91 Å². The van der Waals surface area contributed by atoms with E-state index in [1.807, 2.05) is 0 Å². The van der Waals surface area contributed by atoms with Crippen LogP contribution < -0.4 is 14.8 Å². The number of pyridine rings is 1. The Labute approximate surface area is 146 Å². The molecule has 0 radical (unpaired) electrons. The number of methoxy groups -OCH3 is 1. The summed E-state index contributed by atoms with van der Waals surface area (Å²) in [6, 6.07) is 5.71. The first-order valence-corrected chi connectivity index (χ1v) is 7.38. The Morgan fingerprint density at radius 1 is 1.32 bits per heavy atom. The van der Waals surface area contributed by atoms with Gasteiger partial charge in [-0.05, 0) is 24.6 Å². The largest absolute Gasteiger partial charge is 0.495 e. The summed E-state index contributed by atoms with van der Waals surface area (Å²) < 4.78 is 45.9. The molecule has 0 unspecified atom stereocenters. The molecule has 1 heterocycles. The van der Waals surface area contributed by atoms with Crippen LogP contribution in [0.3, 0.4) is 0 Å². The number of hydrogen-bond donors (Lipinski definition) is 1. The van der Waals surface area contributed by atoms with Gasteiger partial charge in [-0.3, -0.25) is 4.79 Å². The number of amides is 1. The second-order valence-electron chi connectivity index (χ2n) is 5.04. The second-order valence-corrected chi connectivity index (χ2v) is 5.45. The molecule has 0 saturated carbocycles. The zero-order valence-electron chi connectivity index (χ0n) is 13.3. The maximum absolute atomic E-state index is 12.2. The Hall–Kier alpha value is -2.48. The van der Waals surface area contributed by atoms with Gasteiger partial charge in [0.15, 0.2) is 6.61 Å². The zero-order valence-corrected chi connectivity index (χ0v) is 14.0. The van der Waals surface area contributed by atoms with Crippen molar-refractivity contribution in [2.24, 2.45) is 0 Å². The standard InChI is InChI=1S/C16H14ClF3N2O3/c1-9-5-12(13(24-2)6-11(9)17)22-15(23)10-3-4-14(21-7-10)25-8-16(18,19)20/h3-7H,8H2,1-2H3,(H,22,23). The molecule has 1 amide bonds. The predicted molar refractivity (Wildman–Crippen MR) is 86.5 cm³/mol. The molecule has 2 rings (SSSR count). The summed E-state index contributed by atoms with van der Waals surface area (Å²) in [5.41, 5.74) is 1.30. The highest BCUT2D eigenvalue weighted by atomic mass is 35.5. The Kier molecular flexibility index (Phi) is 5.73. The smallest absolute Gasteiger partial charge is 0.422 e. The van der Waals surface area contributed by atoms with Crippen molar-refractivity contribution in [2.45, 2.75) is 13.1 Å². The third kappa shape index (κ3) is 5.25. The summed E-state index contributed by atoms with van der Waals surface area (Å²) in [6.07, 6.45) is -3.34. The van der Waals surface area contributed by atoms with Gasteiger partial charge in [-0.25, -0.2) is 4.98 Å². The number of carbonyl (C=O) groups is 1. The van der Waals surface area contributed by atoms with Crippen LogP contribution >= 0.6 is 11.6 Å². The third-order valence-electron chi connectivity index (χ3n) is 3.11. The highest BCUT2D eigenvalue weighted by Crippen LogP contribution is 2.31.